The average Bonchev–Trinajstić information content (AvgIpc) is 2.67. The van der Waals surface area contributed by atoms with Crippen molar-refractivity contribution in [2.45, 2.75) is 38.6 Å². The Kier molecular flexibility index (Phi) is 5.34. The van der Waals surface area contributed by atoms with Gasteiger partial charge < -0.3 is 5.73 Å². The Morgan fingerprint density at radius 2 is 2.00 bits per heavy atom. The Morgan fingerprint density at radius 3 is 2.63 bits per heavy atom. The Labute approximate surface area is 115 Å². The Hall–Kier alpha value is -0.930. The van der Waals surface area contributed by atoms with Gasteiger partial charge in [0.05, 0.1) is 0 Å². The van der Waals surface area contributed by atoms with Crippen LogP contribution in [0.3, 0.4) is 0 Å². The van der Waals surface area contributed by atoms with E-state index < -0.39 is 0 Å². The van der Waals surface area contributed by atoms with E-state index in [-0.39, 0.29) is 11.9 Å². The van der Waals surface area contributed by atoms with Crippen LogP contribution in [0.1, 0.15) is 44.2 Å². The number of halogens is 1. The van der Waals surface area contributed by atoms with Gasteiger partial charge in [-0.3, -0.25) is 4.90 Å². The number of benzene rings is 1. The molecule has 2 atom stereocenters. The van der Waals surface area contributed by atoms with Crippen LogP contribution in [0.4, 0.5) is 4.39 Å². The molecule has 2 rings (SSSR count). The highest BCUT2D eigenvalue weighted by molar-refractivity contribution is 5.20. The fourth-order valence-corrected chi connectivity index (χ4v) is 3.09. The minimum absolute atomic E-state index is 0.179. The molecule has 1 aliphatic rings. The topological polar surface area (TPSA) is 29.3 Å². The average molecular weight is 264 g/mol. The summed E-state index contributed by atoms with van der Waals surface area (Å²) >= 11 is 0. The van der Waals surface area contributed by atoms with E-state index in [0.717, 1.165) is 24.6 Å². The summed E-state index contributed by atoms with van der Waals surface area (Å²) in [4.78, 5) is 2.48. The summed E-state index contributed by atoms with van der Waals surface area (Å²) in [5.41, 5.74) is 7.09. The maximum absolute atomic E-state index is 13.0. The first kappa shape index (κ1) is 14.5. The van der Waals surface area contributed by atoms with Crippen LogP contribution in [-0.4, -0.2) is 24.5 Å². The zero-order valence-electron chi connectivity index (χ0n) is 11.8. The highest BCUT2D eigenvalue weighted by Gasteiger charge is 2.22. The predicted octanol–water partition coefficient (Wildman–Crippen LogP) is 3.34. The van der Waals surface area contributed by atoms with Gasteiger partial charge in [0.25, 0.3) is 0 Å². The molecule has 106 valence electrons. The standard InChI is InChI=1S/C16H25FN2/c1-2-13-4-3-10-19(11-9-13)16(12-18)14-5-7-15(17)8-6-14/h5-8,13,16H,2-4,9-12,18H2,1H3. The van der Waals surface area contributed by atoms with E-state index in [9.17, 15) is 4.39 Å². The molecule has 2 unspecified atom stereocenters. The van der Waals surface area contributed by atoms with Crippen molar-refractivity contribution < 1.29 is 4.39 Å². The second-order valence-electron chi connectivity index (χ2n) is 5.54. The number of hydrogen-bond acceptors (Lipinski definition) is 2. The minimum Gasteiger partial charge on any atom is -0.329 e. The first-order chi connectivity index (χ1) is 9.24. The van der Waals surface area contributed by atoms with Crippen molar-refractivity contribution >= 4 is 0 Å². The van der Waals surface area contributed by atoms with Crippen LogP contribution in [0.5, 0.6) is 0 Å². The van der Waals surface area contributed by atoms with Gasteiger partial charge in [-0.15, -0.1) is 0 Å². The number of likely N-dealkylation sites (tertiary alicyclic amines) is 1. The molecule has 2 N–H and O–H groups in total. The molecule has 1 aromatic rings. The van der Waals surface area contributed by atoms with E-state index in [1.54, 1.807) is 0 Å². The fourth-order valence-electron chi connectivity index (χ4n) is 3.09. The van der Waals surface area contributed by atoms with Crippen molar-refractivity contribution in [2.24, 2.45) is 11.7 Å². The Bertz CT molecular complexity index is 377. The molecule has 0 saturated carbocycles. The molecule has 0 aliphatic carbocycles. The van der Waals surface area contributed by atoms with Gasteiger partial charge in [-0.1, -0.05) is 25.5 Å². The molecule has 0 aromatic heterocycles. The summed E-state index contributed by atoms with van der Waals surface area (Å²) < 4.78 is 13.0. The van der Waals surface area contributed by atoms with E-state index in [0.29, 0.717) is 6.54 Å². The monoisotopic (exact) mass is 264 g/mol. The van der Waals surface area contributed by atoms with E-state index >= 15 is 0 Å². The summed E-state index contributed by atoms with van der Waals surface area (Å²) in [6, 6.07) is 7.04. The lowest BCUT2D eigenvalue weighted by Gasteiger charge is -2.30. The molecule has 1 fully saturated rings. The predicted molar refractivity (Wildman–Crippen MR) is 77.4 cm³/mol. The van der Waals surface area contributed by atoms with Crippen molar-refractivity contribution in [3.05, 3.63) is 35.6 Å². The Balaban J connectivity index is 2.06. The van der Waals surface area contributed by atoms with Crippen LogP contribution in [0.15, 0.2) is 24.3 Å². The first-order valence-electron chi connectivity index (χ1n) is 7.44. The van der Waals surface area contributed by atoms with Gasteiger partial charge in [0.2, 0.25) is 0 Å². The van der Waals surface area contributed by atoms with Crippen molar-refractivity contribution in [3.8, 4) is 0 Å². The van der Waals surface area contributed by atoms with Gasteiger partial charge in [0.1, 0.15) is 5.82 Å². The van der Waals surface area contributed by atoms with Crippen molar-refractivity contribution in [1.29, 1.82) is 0 Å². The largest absolute Gasteiger partial charge is 0.329 e. The van der Waals surface area contributed by atoms with Gasteiger partial charge in [-0.25, -0.2) is 4.39 Å². The lowest BCUT2D eigenvalue weighted by Crippen LogP contribution is -2.34. The van der Waals surface area contributed by atoms with Crippen molar-refractivity contribution in [3.63, 3.8) is 0 Å². The third-order valence-corrected chi connectivity index (χ3v) is 4.38. The number of nitrogens with two attached hydrogens (primary N) is 1. The van der Waals surface area contributed by atoms with Crippen LogP contribution in [0.2, 0.25) is 0 Å². The van der Waals surface area contributed by atoms with E-state index in [2.05, 4.69) is 11.8 Å². The van der Waals surface area contributed by atoms with E-state index in [4.69, 9.17) is 5.73 Å². The lowest BCUT2D eigenvalue weighted by atomic mass is 9.98. The van der Waals surface area contributed by atoms with Crippen molar-refractivity contribution in [1.82, 2.24) is 4.90 Å². The van der Waals surface area contributed by atoms with Gasteiger partial charge in [-0.05, 0) is 56.0 Å². The molecule has 0 spiro atoms. The van der Waals surface area contributed by atoms with Gasteiger partial charge >= 0.3 is 0 Å². The zero-order valence-corrected chi connectivity index (χ0v) is 11.8. The quantitative estimate of drug-likeness (QED) is 0.903. The maximum Gasteiger partial charge on any atom is 0.123 e. The Morgan fingerprint density at radius 1 is 1.26 bits per heavy atom. The zero-order chi connectivity index (χ0) is 13.7. The third kappa shape index (κ3) is 3.77. The van der Waals surface area contributed by atoms with Gasteiger partial charge in [-0.2, -0.15) is 0 Å². The third-order valence-electron chi connectivity index (χ3n) is 4.38. The second kappa shape index (κ2) is 7.01. The molecule has 1 saturated heterocycles. The molecular weight excluding hydrogens is 239 g/mol. The maximum atomic E-state index is 13.0. The molecule has 3 heteroatoms. The lowest BCUT2D eigenvalue weighted by molar-refractivity contribution is 0.206. The summed E-state index contributed by atoms with van der Waals surface area (Å²) in [7, 11) is 0. The van der Waals surface area contributed by atoms with E-state index in [1.165, 1.54) is 37.8 Å². The first-order valence-corrected chi connectivity index (χ1v) is 7.44. The molecule has 1 aliphatic heterocycles. The molecule has 19 heavy (non-hydrogen) atoms. The molecular formula is C16H25FN2. The molecule has 2 nitrogen and oxygen atoms in total. The van der Waals surface area contributed by atoms with Crippen LogP contribution >= 0.6 is 0 Å². The summed E-state index contributed by atoms with van der Waals surface area (Å²) in [6.07, 6.45) is 5.11. The number of hydrogen-bond donors (Lipinski definition) is 1. The molecule has 1 heterocycles. The van der Waals surface area contributed by atoms with Gasteiger partial charge in [0, 0.05) is 12.6 Å². The number of rotatable bonds is 4. The normalized spacial score (nSPS) is 23.0. The van der Waals surface area contributed by atoms with Crippen LogP contribution in [-0.2, 0) is 0 Å². The molecule has 0 radical (unpaired) electrons. The summed E-state index contributed by atoms with van der Waals surface area (Å²) in [6.45, 7) is 5.09. The van der Waals surface area contributed by atoms with Gasteiger partial charge in [0.15, 0.2) is 0 Å². The summed E-state index contributed by atoms with van der Waals surface area (Å²) in [5, 5.41) is 0. The van der Waals surface area contributed by atoms with Crippen molar-refractivity contribution in [2.75, 3.05) is 19.6 Å². The smallest absolute Gasteiger partial charge is 0.123 e. The SMILES string of the molecule is CCC1CCCN(C(CN)c2ccc(F)cc2)CC1. The minimum atomic E-state index is -0.179. The molecule has 0 amide bonds. The molecule has 0 bridgehead atoms. The van der Waals surface area contributed by atoms with Crippen LogP contribution in [0.25, 0.3) is 0 Å². The van der Waals surface area contributed by atoms with E-state index in [1.807, 2.05) is 12.1 Å². The fraction of sp³-hybridized carbons (Fsp3) is 0.625. The highest BCUT2D eigenvalue weighted by atomic mass is 19.1. The second-order valence-corrected chi connectivity index (χ2v) is 5.54. The number of nitrogens with zero attached hydrogens (tertiary/aromatic N) is 1. The summed E-state index contributed by atoms with van der Waals surface area (Å²) in [5.74, 6) is 0.679. The molecule has 1 aromatic carbocycles. The van der Waals surface area contributed by atoms with Crippen LogP contribution in [0, 0.1) is 11.7 Å². The van der Waals surface area contributed by atoms with Crippen LogP contribution < -0.4 is 5.73 Å². The highest BCUT2D eigenvalue weighted by Crippen LogP contribution is 2.27.